The van der Waals surface area contributed by atoms with Gasteiger partial charge in [0.25, 0.3) is 11.8 Å². The lowest BCUT2D eigenvalue weighted by atomic mass is 9.82. The lowest BCUT2D eigenvalue weighted by Crippen LogP contribution is -3.00. The first-order valence-corrected chi connectivity index (χ1v) is 23.0. The van der Waals surface area contributed by atoms with E-state index < -0.39 is 0 Å². The van der Waals surface area contributed by atoms with Gasteiger partial charge in [-0.3, -0.25) is 9.59 Å². The van der Waals surface area contributed by atoms with Gasteiger partial charge in [0, 0.05) is 123 Å². The Morgan fingerprint density at radius 3 is 1.26 bits per heavy atom. The van der Waals surface area contributed by atoms with E-state index in [9.17, 15) is 9.59 Å². The maximum Gasteiger partial charge on any atom is 0.251 e. The first kappa shape index (κ1) is 43.8. The van der Waals surface area contributed by atoms with Crippen molar-refractivity contribution in [2.24, 2.45) is 0 Å². The van der Waals surface area contributed by atoms with E-state index in [0.29, 0.717) is 24.2 Å². The van der Waals surface area contributed by atoms with Crippen LogP contribution in [0, 0.1) is 0 Å². The zero-order valence-corrected chi connectivity index (χ0v) is 38.6. The monoisotopic (exact) mass is 869 g/mol. The number of hydrogen-bond donors (Lipinski definition) is 2. The highest BCUT2D eigenvalue weighted by molar-refractivity contribution is 8.76. The molecule has 2 aliphatic rings. The Hall–Kier alpha value is -5.29. The maximum absolute atomic E-state index is 13.3. The van der Waals surface area contributed by atoms with Crippen LogP contribution in [0.25, 0.3) is 33.6 Å². The second-order valence-electron chi connectivity index (χ2n) is 17.1. The zero-order chi connectivity index (χ0) is 42.3. The highest BCUT2D eigenvalue weighted by Gasteiger charge is 2.45. The van der Waals surface area contributed by atoms with Crippen molar-refractivity contribution in [2.75, 3.05) is 62.6 Å². The Labute approximate surface area is 374 Å². The van der Waals surface area contributed by atoms with Gasteiger partial charge < -0.3 is 32.8 Å². The lowest BCUT2D eigenvalue weighted by molar-refractivity contribution is -0.600. The molecule has 2 aromatic heterocycles. The molecule has 61 heavy (non-hydrogen) atoms. The summed E-state index contributed by atoms with van der Waals surface area (Å²) < 4.78 is 4.50. The number of hydrogen-bond acceptors (Lipinski definition) is 6. The molecule has 8 nitrogen and oxygen atoms in total. The number of pyridine rings is 2. The molecule has 0 fully saturated rings. The molecule has 0 aliphatic carbocycles. The van der Waals surface area contributed by atoms with E-state index in [1.165, 1.54) is 45.0 Å². The molecule has 0 radical (unpaired) electrons. The van der Waals surface area contributed by atoms with Crippen LogP contribution >= 0.6 is 21.6 Å². The first-order chi connectivity index (χ1) is 28.7. The molecule has 11 heteroatoms. The zero-order valence-electron chi connectivity index (χ0n) is 36.2. The molecular formula is C50H54ClN6O2S2+. The number of anilines is 2. The second-order valence-corrected chi connectivity index (χ2v) is 19.8. The van der Waals surface area contributed by atoms with E-state index in [1.54, 1.807) is 21.6 Å². The van der Waals surface area contributed by atoms with Crippen LogP contribution in [0.4, 0.5) is 11.4 Å². The van der Waals surface area contributed by atoms with Crippen molar-refractivity contribution in [3.8, 4) is 33.6 Å². The number of halogens is 1. The van der Waals surface area contributed by atoms with Crippen LogP contribution in [-0.2, 0) is 10.8 Å². The summed E-state index contributed by atoms with van der Waals surface area (Å²) in [5.74, 6) is 1.40. The normalized spacial score (nSPS) is 13.6. The Bertz CT molecular complexity index is 2430. The number of benzene rings is 4. The molecule has 8 rings (SSSR count). The molecule has 0 saturated carbocycles. The van der Waals surface area contributed by atoms with Gasteiger partial charge in [0.15, 0.2) is 23.8 Å². The van der Waals surface area contributed by atoms with E-state index in [4.69, 9.17) is 0 Å². The third-order valence-electron chi connectivity index (χ3n) is 12.0. The number of aromatic nitrogens is 2. The number of nitrogens with one attached hydrogen (secondary N) is 2. The summed E-state index contributed by atoms with van der Waals surface area (Å²) in [4.78, 5) is 30.8. The number of fused-ring (bicyclic) bond motifs is 6. The van der Waals surface area contributed by atoms with E-state index in [-0.39, 0.29) is 35.1 Å². The number of carbonyl (C=O) groups excluding carboxylic acids is 2. The fourth-order valence-corrected chi connectivity index (χ4v) is 10.2. The summed E-state index contributed by atoms with van der Waals surface area (Å²) in [6, 6.07) is 38.2. The van der Waals surface area contributed by atoms with Gasteiger partial charge in [0.05, 0.1) is 10.8 Å². The molecule has 4 heterocycles. The molecule has 0 spiro atoms. The van der Waals surface area contributed by atoms with Crippen molar-refractivity contribution in [3.63, 3.8) is 0 Å². The Balaban J connectivity index is 0.00000561. The van der Waals surface area contributed by atoms with Crippen molar-refractivity contribution in [2.45, 2.75) is 38.5 Å². The third kappa shape index (κ3) is 8.50. The van der Waals surface area contributed by atoms with Gasteiger partial charge in [-0.2, -0.15) is 9.13 Å². The van der Waals surface area contributed by atoms with Crippen LogP contribution in [-0.4, -0.2) is 64.6 Å². The SMILES string of the molecule is CN(C)c1ccc(-c2cc[n+]3c(c2)C(C)(C)c2cc(C(=O)NCCSSCCNC(=O)c4ccc5c(c4)C(C)(C)c4cc(-c6ccc(N(C)C)cc6)cc[n+]4-5)ccc2-3)cc1.[Cl-]. The smallest absolute Gasteiger partial charge is 0.251 e. The van der Waals surface area contributed by atoms with Gasteiger partial charge in [0.2, 0.25) is 11.4 Å². The molecule has 0 unspecified atom stereocenters. The Morgan fingerprint density at radius 1 is 0.525 bits per heavy atom. The van der Waals surface area contributed by atoms with Crippen LogP contribution in [0.1, 0.15) is 70.9 Å². The van der Waals surface area contributed by atoms with E-state index in [1.807, 2.05) is 12.1 Å². The molecule has 6 aromatic rings. The van der Waals surface area contributed by atoms with Crippen LogP contribution in [0.15, 0.2) is 122 Å². The molecule has 314 valence electrons. The molecule has 0 bridgehead atoms. The van der Waals surface area contributed by atoms with Gasteiger partial charge in [-0.1, -0.05) is 45.9 Å². The van der Waals surface area contributed by atoms with E-state index in [2.05, 4.69) is 195 Å². The van der Waals surface area contributed by atoms with Crippen molar-refractivity contribution >= 4 is 44.8 Å². The third-order valence-corrected chi connectivity index (χ3v) is 14.4. The fraction of sp³-hybridized carbons (Fsp3) is 0.280. The van der Waals surface area contributed by atoms with Gasteiger partial charge in [-0.05, 0) is 98.5 Å². The Morgan fingerprint density at radius 2 is 0.902 bits per heavy atom. The van der Waals surface area contributed by atoms with Crippen LogP contribution < -0.4 is 42.0 Å². The van der Waals surface area contributed by atoms with Gasteiger partial charge in [-0.15, -0.1) is 0 Å². The standard InChI is InChI=1S/C50H52N6O2S2.ClH/c1-49(2)41-29-37(13-19-43(41)55-25-21-35(31-45(49)55)33-9-15-39(16-10-33)53(5)6)47(57)51-23-27-59-60-28-24-52-48(58)38-14-20-44-42(30-38)50(3,4)46-32-36(22-26-56(44)46)34-11-17-40(18-12-34)54(7)8;/h9-22,25-26,29-32H,23-24,27-28H2,1-8H3;1H/p+1. The van der Waals surface area contributed by atoms with E-state index >= 15 is 0 Å². The van der Waals surface area contributed by atoms with Crippen LogP contribution in [0.5, 0.6) is 0 Å². The summed E-state index contributed by atoms with van der Waals surface area (Å²) in [5.41, 5.74) is 14.8. The average Bonchev–Trinajstić information content (AvgIpc) is 3.62. The summed E-state index contributed by atoms with van der Waals surface area (Å²) in [5, 5.41) is 6.21. The molecule has 0 atom stereocenters. The van der Waals surface area contributed by atoms with Gasteiger partial charge >= 0.3 is 0 Å². The summed E-state index contributed by atoms with van der Waals surface area (Å²) in [6.45, 7) is 10.0. The molecule has 2 aliphatic heterocycles. The van der Waals surface area contributed by atoms with Gasteiger partial charge in [0.1, 0.15) is 0 Å². The van der Waals surface area contributed by atoms with Crippen molar-refractivity contribution < 1.29 is 31.1 Å². The topological polar surface area (TPSA) is 72.4 Å². The molecule has 0 saturated heterocycles. The molecule has 2 N–H and O–H groups in total. The molecule has 2 amide bonds. The number of amides is 2. The largest absolute Gasteiger partial charge is 1.00 e. The summed E-state index contributed by atoms with van der Waals surface area (Å²) in [7, 11) is 11.6. The first-order valence-electron chi connectivity index (χ1n) is 20.5. The summed E-state index contributed by atoms with van der Waals surface area (Å²) >= 11 is 0. The minimum absolute atomic E-state index is 0. The quantitative estimate of drug-likeness (QED) is 0.0905. The molecule has 4 aromatic carbocycles. The predicted octanol–water partition coefficient (Wildman–Crippen LogP) is 5.53. The predicted molar refractivity (Wildman–Crippen MR) is 249 cm³/mol. The van der Waals surface area contributed by atoms with Crippen molar-refractivity contribution in [1.29, 1.82) is 0 Å². The second kappa shape index (κ2) is 17.6. The highest BCUT2D eigenvalue weighted by Crippen LogP contribution is 2.41. The van der Waals surface area contributed by atoms with Gasteiger partial charge in [-0.25, -0.2) is 0 Å². The minimum Gasteiger partial charge on any atom is -1.00 e. The van der Waals surface area contributed by atoms with Crippen LogP contribution in [0.3, 0.4) is 0 Å². The summed E-state index contributed by atoms with van der Waals surface area (Å²) in [6.07, 6.45) is 4.29. The number of rotatable bonds is 13. The highest BCUT2D eigenvalue weighted by atomic mass is 35.5. The number of carbonyl (C=O) groups is 2. The molecular weight excluding hydrogens is 816 g/mol. The fourth-order valence-electron chi connectivity index (χ4n) is 8.43. The lowest BCUT2D eigenvalue weighted by Gasteiger charge is -2.16. The average molecular weight is 871 g/mol. The minimum atomic E-state index is -0.264. The van der Waals surface area contributed by atoms with Crippen LogP contribution in [0.2, 0.25) is 0 Å². The number of nitrogens with zero attached hydrogens (tertiary/aromatic N) is 4. The van der Waals surface area contributed by atoms with Crippen molar-refractivity contribution in [3.05, 3.63) is 155 Å². The van der Waals surface area contributed by atoms with Crippen molar-refractivity contribution in [1.82, 2.24) is 10.6 Å². The Kier molecular flexibility index (Phi) is 12.6. The van der Waals surface area contributed by atoms with E-state index in [0.717, 1.165) is 34.0 Å². The maximum atomic E-state index is 13.3.